The maximum Gasteiger partial charge on any atom is 0.264 e. The van der Waals surface area contributed by atoms with E-state index in [2.05, 4.69) is 17.4 Å². The molecule has 5 nitrogen and oxygen atoms in total. The third-order valence-electron chi connectivity index (χ3n) is 6.40. The van der Waals surface area contributed by atoms with Crippen LogP contribution in [0.1, 0.15) is 22.3 Å². The van der Waals surface area contributed by atoms with Gasteiger partial charge in [-0.3, -0.25) is 9.10 Å². The van der Waals surface area contributed by atoms with Gasteiger partial charge in [0.1, 0.15) is 6.54 Å². The number of benzene rings is 4. The summed E-state index contributed by atoms with van der Waals surface area (Å²) in [5, 5.41) is 5.17. The Morgan fingerprint density at radius 2 is 1.62 bits per heavy atom. The lowest BCUT2D eigenvalue weighted by molar-refractivity contribution is -0.114. The van der Waals surface area contributed by atoms with Crippen LogP contribution in [-0.2, 0) is 27.7 Å². The van der Waals surface area contributed by atoms with Crippen molar-refractivity contribution >= 4 is 38.1 Å². The highest BCUT2D eigenvalue weighted by Crippen LogP contribution is 2.35. The number of nitrogens with one attached hydrogen (secondary N) is 1. The highest BCUT2D eigenvalue weighted by Gasteiger charge is 2.28. The molecule has 0 aliphatic heterocycles. The molecule has 1 N–H and O–H groups in total. The lowest BCUT2D eigenvalue weighted by Crippen LogP contribution is -2.38. The number of carbonyl (C=O) groups is 1. The number of aryl methyl sites for hydroxylation is 4. The summed E-state index contributed by atoms with van der Waals surface area (Å²) in [7, 11) is -3.95. The molecule has 4 aromatic carbocycles. The fourth-order valence-electron chi connectivity index (χ4n) is 4.68. The molecule has 0 unspecified atom stereocenters. The van der Waals surface area contributed by atoms with Crippen molar-refractivity contribution in [1.29, 1.82) is 0 Å². The Morgan fingerprint density at radius 3 is 2.38 bits per heavy atom. The number of hydrogen-bond donors (Lipinski definition) is 1. The summed E-state index contributed by atoms with van der Waals surface area (Å²) >= 11 is 0. The molecule has 0 fully saturated rings. The van der Waals surface area contributed by atoms with E-state index in [4.69, 9.17) is 0 Å². The number of carbonyl (C=O) groups excluding carboxylic acids is 1. The predicted octanol–water partition coefficient (Wildman–Crippen LogP) is 5.39. The first-order valence-corrected chi connectivity index (χ1v) is 12.8. The first-order chi connectivity index (χ1) is 16.3. The largest absolute Gasteiger partial charge is 0.324 e. The van der Waals surface area contributed by atoms with Crippen molar-refractivity contribution in [3.63, 3.8) is 0 Å². The van der Waals surface area contributed by atoms with E-state index in [1.165, 1.54) is 20.8 Å². The zero-order valence-electron chi connectivity index (χ0n) is 19.2. The Hall–Kier alpha value is -3.64. The summed E-state index contributed by atoms with van der Waals surface area (Å²) in [6.45, 7) is 3.43. The molecule has 0 radical (unpaired) electrons. The van der Waals surface area contributed by atoms with Crippen molar-refractivity contribution in [3.05, 3.63) is 101 Å². The van der Waals surface area contributed by atoms with Crippen molar-refractivity contribution in [1.82, 2.24) is 0 Å². The van der Waals surface area contributed by atoms with Crippen LogP contribution < -0.4 is 9.62 Å². The molecule has 5 rings (SSSR count). The number of hydrogen-bond acceptors (Lipinski definition) is 3. The van der Waals surface area contributed by atoms with Gasteiger partial charge >= 0.3 is 0 Å². The molecule has 1 amide bonds. The molecule has 0 bridgehead atoms. The zero-order chi connectivity index (χ0) is 23.9. The monoisotopic (exact) mass is 470 g/mol. The molecule has 0 saturated carbocycles. The number of sulfonamides is 1. The van der Waals surface area contributed by atoms with Crippen molar-refractivity contribution in [2.24, 2.45) is 0 Å². The lowest BCUT2D eigenvalue weighted by Gasteiger charge is -2.26. The van der Waals surface area contributed by atoms with Gasteiger partial charge in [-0.2, -0.15) is 0 Å². The maximum absolute atomic E-state index is 13.6. The van der Waals surface area contributed by atoms with Crippen LogP contribution in [0.15, 0.2) is 83.8 Å². The van der Waals surface area contributed by atoms with E-state index in [1.54, 1.807) is 30.3 Å². The topological polar surface area (TPSA) is 66.5 Å². The van der Waals surface area contributed by atoms with Gasteiger partial charge < -0.3 is 5.32 Å². The van der Waals surface area contributed by atoms with Crippen LogP contribution in [-0.4, -0.2) is 20.9 Å². The van der Waals surface area contributed by atoms with Crippen LogP contribution in [0.5, 0.6) is 0 Å². The average Bonchev–Trinajstić information content (AvgIpc) is 3.26. The second-order valence-corrected chi connectivity index (χ2v) is 10.6. The fourth-order valence-corrected chi connectivity index (χ4v) is 6.18. The molecule has 0 atom stereocenters. The van der Waals surface area contributed by atoms with Crippen LogP contribution in [0, 0.1) is 13.8 Å². The van der Waals surface area contributed by atoms with Gasteiger partial charge in [0.25, 0.3) is 10.0 Å². The van der Waals surface area contributed by atoms with Gasteiger partial charge in [-0.25, -0.2) is 8.42 Å². The molecule has 172 valence electrons. The van der Waals surface area contributed by atoms with E-state index < -0.39 is 10.0 Å². The van der Waals surface area contributed by atoms with Crippen molar-refractivity contribution < 1.29 is 13.2 Å². The standard InChI is InChI=1S/C28H26N2O3S/c1-19-11-12-20(2)26(17-19)30(34(32,33)23-8-4-3-5-9-23)18-27(31)29-25-16-15-22-14-13-21-7-6-10-24(25)28(21)22/h3-12,15-17H,13-14,18H2,1-2H3,(H,29,31). The second-order valence-electron chi connectivity index (χ2n) is 8.77. The predicted molar refractivity (Wildman–Crippen MR) is 137 cm³/mol. The molecule has 4 aromatic rings. The Balaban J connectivity index is 1.52. The summed E-state index contributed by atoms with van der Waals surface area (Å²) in [4.78, 5) is 13.4. The highest BCUT2D eigenvalue weighted by atomic mass is 32.2. The summed E-state index contributed by atoms with van der Waals surface area (Å²) in [6.07, 6.45) is 2.00. The van der Waals surface area contributed by atoms with Gasteiger partial charge in [-0.1, -0.05) is 54.6 Å². The van der Waals surface area contributed by atoms with Crippen LogP contribution in [0.2, 0.25) is 0 Å². The molecule has 0 saturated heterocycles. The van der Waals surface area contributed by atoms with Crippen LogP contribution in [0.25, 0.3) is 10.8 Å². The average molecular weight is 471 g/mol. The molecule has 0 spiro atoms. The lowest BCUT2D eigenvalue weighted by atomic mass is 10.0. The molecule has 6 heteroatoms. The molecule has 1 aliphatic rings. The zero-order valence-corrected chi connectivity index (χ0v) is 20.0. The molecule has 0 heterocycles. The van der Waals surface area contributed by atoms with E-state index >= 15 is 0 Å². The molecule has 0 aromatic heterocycles. The third kappa shape index (κ3) is 3.94. The first kappa shape index (κ1) is 22.2. The van der Waals surface area contributed by atoms with Crippen LogP contribution >= 0.6 is 0 Å². The normalized spacial score (nSPS) is 12.6. The number of rotatable bonds is 6. The van der Waals surface area contributed by atoms with Gasteiger partial charge in [0.15, 0.2) is 0 Å². The Morgan fingerprint density at radius 1 is 0.882 bits per heavy atom. The van der Waals surface area contributed by atoms with Gasteiger partial charge in [0.2, 0.25) is 5.91 Å². The van der Waals surface area contributed by atoms with Crippen molar-refractivity contribution in [3.8, 4) is 0 Å². The van der Waals surface area contributed by atoms with Crippen LogP contribution in [0.4, 0.5) is 11.4 Å². The maximum atomic E-state index is 13.6. The van der Waals surface area contributed by atoms with Crippen molar-refractivity contribution in [2.45, 2.75) is 31.6 Å². The highest BCUT2D eigenvalue weighted by molar-refractivity contribution is 7.92. The van der Waals surface area contributed by atoms with Crippen LogP contribution in [0.3, 0.4) is 0 Å². The van der Waals surface area contributed by atoms with Crippen molar-refractivity contribution in [2.75, 3.05) is 16.2 Å². The summed E-state index contributed by atoms with van der Waals surface area (Å²) in [5.74, 6) is -0.390. The number of nitrogens with zero attached hydrogens (tertiary/aromatic N) is 1. The molecular formula is C28H26N2O3S. The molecular weight excluding hydrogens is 444 g/mol. The van der Waals surface area contributed by atoms with Gasteiger partial charge in [-0.05, 0) is 78.6 Å². The summed E-state index contributed by atoms with van der Waals surface area (Å²) < 4.78 is 28.5. The minimum Gasteiger partial charge on any atom is -0.324 e. The molecule has 34 heavy (non-hydrogen) atoms. The van der Waals surface area contributed by atoms with E-state index in [-0.39, 0.29) is 17.3 Å². The second kappa shape index (κ2) is 8.61. The van der Waals surface area contributed by atoms with Gasteiger partial charge in [0.05, 0.1) is 10.6 Å². The van der Waals surface area contributed by atoms with Gasteiger partial charge in [0, 0.05) is 11.1 Å². The fraction of sp³-hybridized carbons (Fsp3) is 0.179. The number of anilines is 2. The SMILES string of the molecule is Cc1ccc(C)c(N(CC(=O)Nc2ccc3c4c(cccc24)CC3)S(=O)(=O)c2ccccc2)c1. The number of amides is 1. The van der Waals surface area contributed by atoms with Gasteiger partial charge in [-0.15, -0.1) is 0 Å². The summed E-state index contributed by atoms with van der Waals surface area (Å²) in [6, 6.07) is 23.9. The Bertz CT molecular complexity index is 1500. The smallest absolute Gasteiger partial charge is 0.264 e. The Kier molecular flexibility index (Phi) is 5.62. The minimum atomic E-state index is -3.95. The summed E-state index contributed by atoms with van der Waals surface area (Å²) in [5.41, 5.74) is 5.47. The molecule has 1 aliphatic carbocycles. The first-order valence-electron chi connectivity index (χ1n) is 11.3. The minimum absolute atomic E-state index is 0.147. The van der Waals surface area contributed by atoms with E-state index in [0.29, 0.717) is 11.4 Å². The van der Waals surface area contributed by atoms with E-state index in [1.807, 2.05) is 50.2 Å². The third-order valence-corrected chi connectivity index (χ3v) is 8.18. The Labute approximate surface area is 200 Å². The quantitative estimate of drug-likeness (QED) is 0.411. The van der Waals surface area contributed by atoms with E-state index in [0.717, 1.165) is 29.4 Å². The van der Waals surface area contributed by atoms with E-state index in [9.17, 15) is 13.2 Å².